The largest absolute Gasteiger partial charge is 0.323 e. The summed E-state index contributed by atoms with van der Waals surface area (Å²) in [5.74, 6) is 1.22. The minimum atomic E-state index is -0.309. The molecule has 2 nitrogen and oxygen atoms in total. The topological polar surface area (TPSA) is 17.8 Å². The van der Waals surface area contributed by atoms with Gasteiger partial charge in [-0.25, -0.2) is 9.37 Å². The zero-order chi connectivity index (χ0) is 18.8. The van der Waals surface area contributed by atoms with Crippen LogP contribution in [-0.2, 0) is 12.3 Å². The molecule has 0 fully saturated rings. The molecule has 6 heteroatoms. The number of rotatable bonds is 5. The molecule has 1 aromatic heterocycles. The lowest BCUT2D eigenvalue weighted by Crippen LogP contribution is -2.06. The summed E-state index contributed by atoms with van der Waals surface area (Å²) >= 11 is 13.9. The molecule has 0 unspecified atom stereocenters. The Bertz CT molecular complexity index is 1070. The third kappa shape index (κ3) is 3.98. The maximum absolute atomic E-state index is 14.3. The number of halogens is 3. The first-order valence-corrected chi connectivity index (χ1v) is 10.1. The number of hydrogen-bond donors (Lipinski definition) is 0. The quantitative estimate of drug-likeness (QED) is 0.332. The Kier molecular flexibility index (Phi) is 5.39. The molecule has 1 heterocycles. The second kappa shape index (κ2) is 7.93. The van der Waals surface area contributed by atoms with E-state index >= 15 is 0 Å². The molecular weight excluding hydrogens is 402 g/mol. The van der Waals surface area contributed by atoms with Gasteiger partial charge in [0.15, 0.2) is 0 Å². The molecule has 0 bridgehead atoms. The Hall–Kier alpha value is -2.01. The number of hydrogen-bond acceptors (Lipinski definition) is 2. The minimum absolute atomic E-state index is 0.309. The molecule has 0 radical (unpaired) electrons. The first kappa shape index (κ1) is 18.4. The van der Waals surface area contributed by atoms with Crippen LogP contribution in [0.5, 0.6) is 0 Å². The molecule has 4 rings (SSSR count). The molecule has 0 spiro atoms. The van der Waals surface area contributed by atoms with E-state index in [1.165, 1.54) is 6.07 Å². The minimum Gasteiger partial charge on any atom is -0.323 e. The summed E-state index contributed by atoms with van der Waals surface area (Å²) in [6, 6.07) is 20.3. The molecule has 27 heavy (non-hydrogen) atoms. The summed E-state index contributed by atoms with van der Waals surface area (Å²) in [5.41, 5.74) is 2.32. The van der Waals surface area contributed by atoms with Gasteiger partial charge in [-0.3, -0.25) is 0 Å². The van der Waals surface area contributed by atoms with Crippen LogP contribution >= 0.6 is 35.0 Å². The van der Waals surface area contributed by atoms with E-state index in [2.05, 4.69) is 0 Å². The Morgan fingerprint density at radius 3 is 2.48 bits per heavy atom. The lowest BCUT2D eigenvalue weighted by atomic mass is 10.2. The Balaban J connectivity index is 1.70. The summed E-state index contributed by atoms with van der Waals surface area (Å²) in [6.45, 7) is 0.336. The second-order valence-corrected chi connectivity index (χ2v) is 7.94. The van der Waals surface area contributed by atoms with Crippen LogP contribution in [0.15, 0.2) is 71.6 Å². The number of imidazole rings is 1. The van der Waals surface area contributed by atoms with E-state index in [0.29, 0.717) is 27.9 Å². The van der Waals surface area contributed by atoms with Crippen LogP contribution in [0.3, 0.4) is 0 Å². The van der Waals surface area contributed by atoms with Crippen LogP contribution in [0.25, 0.3) is 11.0 Å². The molecule has 0 saturated heterocycles. The summed E-state index contributed by atoms with van der Waals surface area (Å²) in [4.78, 5) is 5.85. The molecule has 4 aromatic rings. The highest BCUT2D eigenvalue weighted by atomic mass is 35.5. The van der Waals surface area contributed by atoms with Crippen molar-refractivity contribution in [3.8, 4) is 0 Å². The van der Waals surface area contributed by atoms with Crippen molar-refractivity contribution >= 4 is 46.0 Å². The SMILES string of the molecule is Fc1cccc(Cl)c1Cn1c(CSc2ccc(Cl)cc2)nc2ccccc21. The number of para-hydroxylation sites is 2. The van der Waals surface area contributed by atoms with E-state index < -0.39 is 0 Å². The zero-order valence-electron chi connectivity index (χ0n) is 14.2. The average Bonchev–Trinajstić information content (AvgIpc) is 3.02. The normalized spacial score (nSPS) is 11.2. The van der Waals surface area contributed by atoms with Crippen molar-refractivity contribution in [1.82, 2.24) is 9.55 Å². The van der Waals surface area contributed by atoms with Crippen LogP contribution in [0.2, 0.25) is 10.0 Å². The first-order valence-electron chi connectivity index (χ1n) is 8.37. The Labute approximate surface area is 170 Å². The van der Waals surface area contributed by atoms with Crippen molar-refractivity contribution in [3.63, 3.8) is 0 Å². The van der Waals surface area contributed by atoms with E-state index in [1.54, 1.807) is 23.9 Å². The van der Waals surface area contributed by atoms with Crippen LogP contribution in [0.1, 0.15) is 11.4 Å². The lowest BCUT2D eigenvalue weighted by Gasteiger charge is -2.11. The molecule has 0 N–H and O–H groups in total. The number of benzene rings is 3. The summed E-state index contributed by atoms with van der Waals surface area (Å²) in [6.07, 6.45) is 0. The van der Waals surface area contributed by atoms with Crippen molar-refractivity contribution in [2.45, 2.75) is 17.2 Å². The fraction of sp³-hybridized carbons (Fsp3) is 0.0952. The maximum atomic E-state index is 14.3. The number of aromatic nitrogens is 2. The lowest BCUT2D eigenvalue weighted by molar-refractivity contribution is 0.599. The molecule has 0 atom stereocenters. The van der Waals surface area contributed by atoms with Gasteiger partial charge in [0, 0.05) is 20.5 Å². The van der Waals surface area contributed by atoms with E-state index in [-0.39, 0.29) is 5.82 Å². The highest BCUT2D eigenvalue weighted by Gasteiger charge is 2.15. The monoisotopic (exact) mass is 416 g/mol. The van der Waals surface area contributed by atoms with Crippen LogP contribution in [-0.4, -0.2) is 9.55 Å². The third-order valence-corrected chi connectivity index (χ3v) is 5.91. The highest BCUT2D eigenvalue weighted by Crippen LogP contribution is 2.28. The van der Waals surface area contributed by atoms with Gasteiger partial charge in [0.05, 0.1) is 23.3 Å². The van der Waals surface area contributed by atoms with Crippen LogP contribution in [0, 0.1) is 5.82 Å². The first-order chi connectivity index (χ1) is 13.1. The molecule has 0 amide bonds. The highest BCUT2D eigenvalue weighted by molar-refractivity contribution is 7.98. The molecule has 3 aromatic carbocycles. The van der Waals surface area contributed by atoms with E-state index in [1.807, 2.05) is 53.1 Å². The van der Waals surface area contributed by atoms with Gasteiger partial charge >= 0.3 is 0 Å². The summed E-state index contributed by atoms with van der Waals surface area (Å²) < 4.78 is 16.4. The van der Waals surface area contributed by atoms with Gasteiger partial charge < -0.3 is 4.57 Å². The molecule has 0 aliphatic heterocycles. The maximum Gasteiger partial charge on any atom is 0.129 e. The fourth-order valence-corrected chi connectivity index (χ4v) is 4.13. The van der Waals surface area contributed by atoms with Crippen LogP contribution < -0.4 is 0 Å². The summed E-state index contributed by atoms with van der Waals surface area (Å²) in [7, 11) is 0. The zero-order valence-corrected chi connectivity index (χ0v) is 16.5. The third-order valence-electron chi connectivity index (χ3n) is 4.29. The van der Waals surface area contributed by atoms with E-state index in [0.717, 1.165) is 21.8 Å². The van der Waals surface area contributed by atoms with Crippen molar-refractivity contribution in [3.05, 3.63) is 94.0 Å². The van der Waals surface area contributed by atoms with Gasteiger partial charge in [-0.15, -0.1) is 11.8 Å². The van der Waals surface area contributed by atoms with Gasteiger partial charge in [-0.2, -0.15) is 0 Å². The Morgan fingerprint density at radius 1 is 0.926 bits per heavy atom. The van der Waals surface area contributed by atoms with E-state index in [4.69, 9.17) is 28.2 Å². The Morgan fingerprint density at radius 2 is 1.70 bits per heavy atom. The molecule has 136 valence electrons. The number of nitrogens with zero attached hydrogens (tertiary/aromatic N) is 2. The van der Waals surface area contributed by atoms with Gasteiger partial charge in [0.25, 0.3) is 0 Å². The molecule has 0 aliphatic rings. The summed E-state index contributed by atoms with van der Waals surface area (Å²) in [5, 5.41) is 1.13. The van der Waals surface area contributed by atoms with Gasteiger partial charge in [0.1, 0.15) is 11.6 Å². The standard InChI is InChI=1S/C21H15Cl2FN2S/c22-14-8-10-15(11-9-14)27-13-21-25-19-6-1-2-7-20(19)26(21)12-16-17(23)4-3-5-18(16)24/h1-11H,12-13H2. The van der Waals surface area contributed by atoms with Crippen molar-refractivity contribution in [1.29, 1.82) is 0 Å². The molecule has 0 aliphatic carbocycles. The van der Waals surface area contributed by atoms with Crippen molar-refractivity contribution in [2.24, 2.45) is 0 Å². The van der Waals surface area contributed by atoms with Crippen LogP contribution in [0.4, 0.5) is 4.39 Å². The number of fused-ring (bicyclic) bond motifs is 1. The number of thioether (sulfide) groups is 1. The van der Waals surface area contributed by atoms with Gasteiger partial charge in [-0.1, -0.05) is 41.4 Å². The van der Waals surface area contributed by atoms with Crippen molar-refractivity contribution in [2.75, 3.05) is 0 Å². The average molecular weight is 417 g/mol. The second-order valence-electron chi connectivity index (χ2n) is 6.05. The smallest absolute Gasteiger partial charge is 0.129 e. The fourth-order valence-electron chi connectivity index (χ4n) is 2.93. The predicted molar refractivity (Wildman–Crippen MR) is 111 cm³/mol. The molecule has 0 saturated carbocycles. The van der Waals surface area contributed by atoms with Gasteiger partial charge in [-0.05, 0) is 48.5 Å². The van der Waals surface area contributed by atoms with Crippen molar-refractivity contribution < 1.29 is 4.39 Å². The van der Waals surface area contributed by atoms with E-state index in [9.17, 15) is 4.39 Å². The predicted octanol–water partition coefficient (Wildman–Crippen LogP) is 6.82. The molecular formula is C21H15Cl2FN2S. The van der Waals surface area contributed by atoms with Gasteiger partial charge in [0.2, 0.25) is 0 Å².